The third-order valence-corrected chi connectivity index (χ3v) is 5.99. The minimum absolute atomic E-state index is 0.0894. The number of sulfonamides is 1. The monoisotopic (exact) mass is 310 g/mol. The van der Waals surface area contributed by atoms with E-state index in [-0.39, 0.29) is 5.75 Å². The quantitative estimate of drug-likeness (QED) is 0.801. The average Bonchev–Trinajstić information content (AvgIpc) is 3.13. The first kappa shape index (κ1) is 16.5. The molecule has 0 aromatic heterocycles. The lowest BCUT2D eigenvalue weighted by Gasteiger charge is -2.17. The first-order valence-corrected chi connectivity index (χ1v) is 9.26. The summed E-state index contributed by atoms with van der Waals surface area (Å²) in [7, 11) is -1.51. The summed E-state index contributed by atoms with van der Waals surface area (Å²) in [4.78, 5) is 0. The molecule has 4 nitrogen and oxygen atoms in total. The fourth-order valence-electron chi connectivity index (χ4n) is 2.44. The fourth-order valence-corrected chi connectivity index (χ4v) is 3.69. The number of nitrogens with zero attached hydrogens (tertiary/aromatic N) is 1. The Labute approximate surface area is 128 Å². The standard InChI is InChI=1S/C16H26N2O2S/c1-4-17-10-14-5-7-15(8-6-14)12-21(19,20)18(3)11-16-9-13(16)2/h5-8,13,16-17H,4,9-12H2,1-3H3. The van der Waals surface area contributed by atoms with Crippen LogP contribution in [0.3, 0.4) is 0 Å². The van der Waals surface area contributed by atoms with Gasteiger partial charge in [-0.05, 0) is 35.9 Å². The van der Waals surface area contributed by atoms with E-state index in [1.165, 1.54) is 9.87 Å². The summed E-state index contributed by atoms with van der Waals surface area (Å²) in [5.74, 6) is 1.31. The van der Waals surface area contributed by atoms with Crippen molar-refractivity contribution < 1.29 is 8.42 Å². The molecule has 0 spiro atoms. The first-order chi connectivity index (χ1) is 9.92. The van der Waals surface area contributed by atoms with Crippen LogP contribution in [0.25, 0.3) is 0 Å². The summed E-state index contributed by atoms with van der Waals surface area (Å²) < 4.78 is 26.2. The molecular formula is C16H26N2O2S. The number of nitrogens with one attached hydrogen (secondary N) is 1. The summed E-state index contributed by atoms with van der Waals surface area (Å²) >= 11 is 0. The van der Waals surface area contributed by atoms with E-state index < -0.39 is 10.0 Å². The van der Waals surface area contributed by atoms with Gasteiger partial charge in [-0.15, -0.1) is 0 Å². The Morgan fingerprint density at radius 3 is 2.33 bits per heavy atom. The molecule has 2 atom stereocenters. The zero-order valence-electron chi connectivity index (χ0n) is 13.2. The molecule has 1 N–H and O–H groups in total. The molecule has 21 heavy (non-hydrogen) atoms. The molecule has 1 fully saturated rings. The van der Waals surface area contributed by atoms with Crippen LogP contribution < -0.4 is 5.32 Å². The van der Waals surface area contributed by atoms with Gasteiger partial charge < -0.3 is 5.32 Å². The number of rotatable bonds is 8. The molecule has 1 aliphatic carbocycles. The molecule has 0 radical (unpaired) electrons. The highest BCUT2D eigenvalue weighted by Crippen LogP contribution is 2.38. The zero-order chi connectivity index (χ0) is 15.5. The molecule has 0 bridgehead atoms. The highest BCUT2D eigenvalue weighted by molar-refractivity contribution is 7.88. The molecule has 1 saturated carbocycles. The smallest absolute Gasteiger partial charge is 0.218 e. The van der Waals surface area contributed by atoms with Gasteiger partial charge in [0.05, 0.1) is 5.75 Å². The normalized spacial score (nSPS) is 21.7. The van der Waals surface area contributed by atoms with E-state index in [2.05, 4.69) is 19.2 Å². The third-order valence-electron chi connectivity index (χ3n) is 4.19. The predicted octanol–water partition coefficient (Wildman–Crippen LogP) is 2.21. The fraction of sp³-hybridized carbons (Fsp3) is 0.625. The molecule has 118 valence electrons. The molecule has 0 saturated heterocycles. The van der Waals surface area contributed by atoms with Crippen molar-refractivity contribution in [1.82, 2.24) is 9.62 Å². The molecule has 0 aliphatic heterocycles. The Hall–Kier alpha value is -0.910. The molecule has 2 unspecified atom stereocenters. The third kappa shape index (κ3) is 4.80. The van der Waals surface area contributed by atoms with Crippen molar-refractivity contribution in [3.8, 4) is 0 Å². The van der Waals surface area contributed by atoms with Crippen molar-refractivity contribution >= 4 is 10.0 Å². The topological polar surface area (TPSA) is 49.4 Å². The summed E-state index contributed by atoms with van der Waals surface area (Å²) in [5.41, 5.74) is 2.03. The van der Waals surface area contributed by atoms with Crippen LogP contribution in [-0.2, 0) is 22.3 Å². The van der Waals surface area contributed by atoms with Gasteiger partial charge in [0.15, 0.2) is 0 Å². The van der Waals surface area contributed by atoms with Gasteiger partial charge in [0.25, 0.3) is 0 Å². The average molecular weight is 310 g/mol. The van der Waals surface area contributed by atoms with E-state index in [0.717, 1.165) is 25.1 Å². The van der Waals surface area contributed by atoms with Gasteiger partial charge in [-0.2, -0.15) is 0 Å². The van der Waals surface area contributed by atoms with Gasteiger partial charge in [-0.25, -0.2) is 12.7 Å². The maximum Gasteiger partial charge on any atom is 0.218 e. The van der Waals surface area contributed by atoms with Crippen LogP contribution in [0.4, 0.5) is 0 Å². The molecule has 1 aliphatic rings. The Morgan fingerprint density at radius 2 is 1.81 bits per heavy atom. The van der Waals surface area contributed by atoms with Crippen LogP contribution in [-0.4, -0.2) is 32.9 Å². The van der Waals surface area contributed by atoms with Crippen molar-refractivity contribution in [1.29, 1.82) is 0 Å². The second kappa shape index (κ2) is 6.90. The van der Waals surface area contributed by atoms with E-state index in [1.807, 2.05) is 24.3 Å². The Kier molecular flexibility index (Phi) is 5.41. The lowest BCUT2D eigenvalue weighted by molar-refractivity contribution is 0.444. The van der Waals surface area contributed by atoms with E-state index in [4.69, 9.17) is 0 Å². The summed E-state index contributed by atoms with van der Waals surface area (Å²) in [5, 5.41) is 3.26. The van der Waals surface area contributed by atoms with Crippen molar-refractivity contribution in [2.45, 2.75) is 32.6 Å². The second-order valence-corrected chi connectivity index (χ2v) is 8.18. The van der Waals surface area contributed by atoms with Crippen molar-refractivity contribution in [3.63, 3.8) is 0 Å². The van der Waals surface area contributed by atoms with Gasteiger partial charge in [-0.1, -0.05) is 38.1 Å². The molecule has 1 aromatic rings. The van der Waals surface area contributed by atoms with Crippen LogP contribution in [0.5, 0.6) is 0 Å². The first-order valence-electron chi connectivity index (χ1n) is 7.65. The molecular weight excluding hydrogens is 284 g/mol. The van der Waals surface area contributed by atoms with Gasteiger partial charge in [-0.3, -0.25) is 0 Å². The largest absolute Gasteiger partial charge is 0.313 e. The van der Waals surface area contributed by atoms with Crippen molar-refractivity contribution in [2.24, 2.45) is 11.8 Å². The molecule has 0 heterocycles. The maximum atomic E-state index is 12.3. The minimum atomic E-state index is -3.20. The van der Waals surface area contributed by atoms with E-state index >= 15 is 0 Å². The van der Waals surface area contributed by atoms with Crippen LogP contribution in [0.2, 0.25) is 0 Å². The van der Waals surface area contributed by atoms with Crippen LogP contribution in [0.1, 0.15) is 31.4 Å². The lowest BCUT2D eigenvalue weighted by atomic mass is 10.1. The predicted molar refractivity (Wildman–Crippen MR) is 86.3 cm³/mol. The minimum Gasteiger partial charge on any atom is -0.313 e. The lowest BCUT2D eigenvalue weighted by Crippen LogP contribution is -2.30. The molecule has 2 rings (SSSR count). The second-order valence-electron chi connectivity index (χ2n) is 6.11. The van der Waals surface area contributed by atoms with Crippen LogP contribution in [0, 0.1) is 11.8 Å². The number of hydrogen-bond donors (Lipinski definition) is 1. The Balaban J connectivity index is 1.92. The van der Waals surface area contributed by atoms with E-state index in [1.54, 1.807) is 7.05 Å². The van der Waals surface area contributed by atoms with Gasteiger partial charge in [0, 0.05) is 20.1 Å². The zero-order valence-corrected chi connectivity index (χ0v) is 14.0. The van der Waals surface area contributed by atoms with E-state index in [9.17, 15) is 8.42 Å². The number of hydrogen-bond acceptors (Lipinski definition) is 3. The van der Waals surface area contributed by atoms with Gasteiger partial charge >= 0.3 is 0 Å². The van der Waals surface area contributed by atoms with Gasteiger partial charge in [0.2, 0.25) is 10.0 Å². The highest BCUT2D eigenvalue weighted by atomic mass is 32.2. The van der Waals surface area contributed by atoms with Crippen molar-refractivity contribution in [3.05, 3.63) is 35.4 Å². The highest BCUT2D eigenvalue weighted by Gasteiger charge is 2.35. The Morgan fingerprint density at radius 1 is 1.24 bits per heavy atom. The molecule has 1 aromatic carbocycles. The maximum absolute atomic E-state index is 12.3. The van der Waals surface area contributed by atoms with Crippen LogP contribution >= 0.6 is 0 Å². The number of benzene rings is 1. The summed E-state index contributed by atoms with van der Waals surface area (Å²) in [6, 6.07) is 7.82. The van der Waals surface area contributed by atoms with E-state index in [0.29, 0.717) is 18.4 Å². The molecule has 5 heteroatoms. The SMILES string of the molecule is CCNCc1ccc(CS(=O)(=O)N(C)CC2CC2C)cc1. The van der Waals surface area contributed by atoms with Crippen molar-refractivity contribution in [2.75, 3.05) is 20.1 Å². The summed E-state index contributed by atoms with van der Waals surface area (Å²) in [6.45, 7) is 6.65. The molecule has 0 amide bonds. The summed E-state index contributed by atoms with van der Waals surface area (Å²) in [6.07, 6.45) is 1.15. The van der Waals surface area contributed by atoms with Crippen LogP contribution in [0.15, 0.2) is 24.3 Å². The Bertz CT molecular complexity index is 554. The van der Waals surface area contributed by atoms with Gasteiger partial charge in [0.1, 0.15) is 0 Å².